The predicted octanol–water partition coefficient (Wildman–Crippen LogP) is 4.01. The monoisotopic (exact) mass is 335 g/mol. The third kappa shape index (κ3) is 4.11. The summed E-state index contributed by atoms with van der Waals surface area (Å²) in [5, 5.41) is 4.16. The molecule has 4 nitrogen and oxygen atoms in total. The third-order valence-electron chi connectivity index (χ3n) is 5.34. The van der Waals surface area contributed by atoms with Crippen molar-refractivity contribution in [3.05, 3.63) is 11.4 Å². The molecule has 1 heterocycles. The number of nitrogens with one attached hydrogen (secondary N) is 1. The largest absolute Gasteiger partial charge is 0.353 e. The Kier molecular flexibility index (Phi) is 5.34. The molecule has 3 rings (SSSR count). The number of amides is 1. The lowest BCUT2D eigenvalue weighted by Crippen LogP contribution is -2.35. The van der Waals surface area contributed by atoms with Crippen LogP contribution in [0, 0.1) is 19.8 Å². The molecule has 0 spiro atoms. The lowest BCUT2D eigenvalue weighted by atomic mass is 9.95. The zero-order chi connectivity index (χ0) is 16.4. The van der Waals surface area contributed by atoms with Crippen LogP contribution in [0.25, 0.3) is 0 Å². The fourth-order valence-corrected chi connectivity index (χ4v) is 4.58. The van der Waals surface area contributed by atoms with Crippen LogP contribution in [0.2, 0.25) is 0 Å². The van der Waals surface area contributed by atoms with Gasteiger partial charge in [-0.15, -0.1) is 0 Å². The molecule has 5 heteroatoms. The van der Waals surface area contributed by atoms with Crippen LogP contribution in [-0.4, -0.2) is 27.3 Å². The van der Waals surface area contributed by atoms with Gasteiger partial charge in [0.25, 0.3) is 0 Å². The highest BCUT2D eigenvalue weighted by Crippen LogP contribution is 2.34. The van der Waals surface area contributed by atoms with Crippen LogP contribution in [-0.2, 0) is 4.79 Å². The second-order valence-corrected chi connectivity index (χ2v) is 8.15. The summed E-state index contributed by atoms with van der Waals surface area (Å²) >= 11 is 1.60. The molecule has 0 saturated heterocycles. The number of aryl methyl sites for hydroxylation is 1. The molecule has 2 fully saturated rings. The minimum Gasteiger partial charge on any atom is -0.353 e. The van der Waals surface area contributed by atoms with Gasteiger partial charge in [-0.25, -0.2) is 4.98 Å². The smallest absolute Gasteiger partial charge is 0.230 e. The number of imidazole rings is 1. The first-order valence-electron chi connectivity index (χ1n) is 9.04. The molecular formula is C18H29N3OS. The van der Waals surface area contributed by atoms with Crippen LogP contribution in [0.3, 0.4) is 0 Å². The van der Waals surface area contributed by atoms with E-state index in [1.165, 1.54) is 50.6 Å². The minimum absolute atomic E-state index is 0.142. The van der Waals surface area contributed by atoms with Crippen molar-refractivity contribution in [2.45, 2.75) is 83.0 Å². The van der Waals surface area contributed by atoms with Crippen LogP contribution < -0.4 is 5.32 Å². The number of thioether (sulfide) groups is 1. The minimum atomic E-state index is 0.142. The first-order chi connectivity index (χ1) is 11.1. The summed E-state index contributed by atoms with van der Waals surface area (Å²) in [6.07, 6.45) is 8.99. The Hall–Kier alpha value is -0.970. The molecule has 0 aliphatic heterocycles. The summed E-state index contributed by atoms with van der Waals surface area (Å²) in [4.78, 5) is 16.9. The molecule has 1 amide bonds. The molecule has 0 aromatic carbocycles. The van der Waals surface area contributed by atoms with Crippen LogP contribution in [0.5, 0.6) is 0 Å². The van der Waals surface area contributed by atoms with E-state index in [0.29, 0.717) is 23.8 Å². The normalized spacial score (nSPS) is 20.5. The molecular weight excluding hydrogens is 306 g/mol. The Morgan fingerprint density at radius 1 is 1.26 bits per heavy atom. The van der Waals surface area contributed by atoms with E-state index >= 15 is 0 Å². The number of hydrogen-bond acceptors (Lipinski definition) is 3. The summed E-state index contributed by atoms with van der Waals surface area (Å²) in [5.74, 6) is 1.32. The molecule has 1 aromatic rings. The van der Waals surface area contributed by atoms with E-state index in [0.717, 1.165) is 10.9 Å². The maximum absolute atomic E-state index is 12.2. The predicted molar refractivity (Wildman–Crippen MR) is 94.9 cm³/mol. The van der Waals surface area contributed by atoms with Gasteiger partial charge < -0.3 is 9.88 Å². The van der Waals surface area contributed by atoms with Crippen LogP contribution in [0.4, 0.5) is 0 Å². The molecule has 0 radical (unpaired) electrons. The van der Waals surface area contributed by atoms with E-state index in [1.54, 1.807) is 11.8 Å². The van der Waals surface area contributed by atoms with Crippen molar-refractivity contribution in [2.75, 3.05) is 5.75 Å². The molecule has 2 aliphatic carbocycles. The van der Waals surface area contributed by atoms with E-state index in [9.17, 15) is 4.79 Å². The van der Waals surface area contributed by atoms with Gasteiger partial charge >= 0.3 is 0 Å². The second kappa shape index (κ2) is 7.29. The maximum Gasteiger partial charge on any atom is 0.230 e. The molecule has 1 unspecified atom stereocenters. The molecule has 1 aromatic heterocycles. The van der Waals surface area contributed by atoms with E-state index in [-0.39, 0.29) is 5.91 Å². The number of carbonyl (C=O) groups is 1. The van der Waals surface area contributed by atoms with Gasteiger partial charge in [-0.2, -0.15) is 0 Å². The van der Waals surface area contributed by atoms with Crippen molar-refractivity contribution in [2.24, 2.45) is 5.92 Å². The zero-order valence-electron chi connectivity index (χ0n) is 14.6. The van der Waals surface area contributed by atoms with E-state index in [2.05, 4.69) is 30.7 Å². The fourth-order valence-electron chi connectivity index (χ4n) is 3.61. The number of carbonyl (C=O) groups excluding carboxylic acids is 1. The number of rotatable bonds is 6. The average Bonchev–Trinajstić information content (AvgIpc) is 3.34. The lowest BCUT2D eigenvalue weighted by molar-refractivity contribution is -0.119. The molecule has 2 saturated carbocycles. The van der Waals surface area contributed by atoms with Crippen molar-refractivity contribution in [1.82, 2.24) is 14.9 Å². The fraction of sp³-hybridized carbons (Fsp3) is 0.778. The Bertz CT molecular complexity index is 559. The molecule has 1 atom stereocenters. The SMILES string of the molecule is Cc1nc(SCC(=O)NC(C)C2CC2)n(C2CCCCC2)c1C. The van der Waals surface area contributed by atoms with Crippen molar-refractivity contribution in [1.29, 1.82) is 0 Å². The summed E-state index contributed by atoms with van der Waals surface area (Å²) in [6, 6.07) is 0.894. The Balaban J connectivity index is 1.62. The van der Waals surface area contributed by atoms with E-state index in [1.807, 2.05) is 0 Å². The van der Waals surface area contributed by atoms with Crippen LogP contribution in [0.1, 0.15) is 69.3 Å². The maximum atomic E-state index is 12.2. The lowest BCUT2D eigenvalue weighted by Gasteiger charge is -2.26. The number of aromatic nitrogens is 2. The highest BCUT2D eigenvalue weighted by atomic mass is 32.2. The summed E-state index contributed by atoms with van der Waals surface area (Å²) in [6.45, 7) is 6.36. The first-order valence-corrected chi connectivity index (χ1v) is 10.0. The standard InChI is InChI=1S/C18H29N3OS/c1-12-14(3)21(16-7-5-4-6-8-16)18(20-12)23-11-17(22)19-13(2)15-9-10-15/h13,15-16H,4-11H2,1-3H3,(H,19,22). The molecule has 2 aliphatic rings. The van der Waals surface area contributed by atoms with Gasteiger partial charge in [0.15, 0.2) is 5.16 Å². The van der Waals surface area contributed by atoms with Gasteiger partial charge in [0.2, 0.25) is 5.91 Å². The van der Waals surface area contributed by atoms with E-state index < -0.39 is 0 Å². The summed E-state index contributed by atoms with van der Waals surface area (Å²) in [7, 11) is 0. The number of nitrogens with zero attached hydrogens (tertiary/aromatic N) is 2. The molecule has 128 valence electrons. The molecule has 1 N–H and O–H groups in total. The molecule has 23 heavy (non-hydrogen) atoms. The van der Waals surface area contributed by atoms with Gasteiger partial charge in [0.1, 0.15) is 0 Å². The Morgan fingerprint density at radius 2 is 1.96 bits per heavy atom. The zero-order valence-corrected chi connectivity index (χ0v) is 15.4. The van der Waals surface area contributed by atoms with Gasteiger partial charge in [-0.1, -0.05) is 31.0 Å². The summed E-state index contributed by atoms with van der Waals surface area (Å²) in [5.41, 5.74) is 2.37. The highest BCUT2D eigenvalue weighted by molar-refractivity contribution is 7.99. The van der Waals surface area contributed by atoms with Crippen LogP contribution in [0.15, 0.2) is 5.16 Å². The van der Waals surface area contributed by atoms with Gasteiger partial charge in [0.05, 0.1) is 11.4 Å². The van der Waals surface area contributed by atoms with Crippen molar-refractivity contribution >= 4 is 17.7 Å². The van der Waals surface area contributed by atoms with Gasteiger partial charge in [0, 0.05) is 17.8 Å². The van der Waals surface area contributed by atoms with Gasteiger partial charge in [-0.3, -0.25) is 4.79 Å². The Morgan fingerprint density at radius 3 is 2.61 bits per heavy atom. The van der Waals surface area contributed by atoms with Crippen molar-refractivity contribution < 1.29 is 4.79 Å². The van der Waals surface area contributed by atoms with E-state index in [4.69, 9.17) is 4.98 Å². The average molecular weight is 336 g/mol. The molecule has 0 bridgehead atoms. The highest BCUT2D eigenvalue weighted by Gasteiger charge is 2.29. The Labute approximate surface area is 143 Å². The van der Waals surface area contributed by atoms with Crippen molar-refractivity contribution in [3.8, 4) is 0 Å². The topological polar surface area (TPSA) is 46.9 Å². The first kappa shape index (κ1) is 16.9. The quantitative estimate of drug-likeness (QED) is 0.799. The second-order valence-electron chi connectivity index (χ2n) is 7.21. The van der Waals surface area contributed by atoms with Gasteiger partial charge in [-0.05, 0) is 52.4 Å². The third-order valence-corrected chi connectivity index (χ3v) is 6.30. The van der Waals surface area contributed by atoms with Crippen molar-refractivity contribution in [3.63, 3.8) is 0 Å². The number of hydrogen-bond donors (Lipinski definition) is 1. The summed E-state index contributed by atoms with van der Waals surface area (Å²) < 4.78 is 2.40. The van der Waals surface area contributed by atoms with Crippen LogP contribution >= 0.6 is 11.8 Å².